The molecule has 0 spiro atoms. The number of aromatic nitrogens is 4. The minimum Gasteiger partial charge on any atom is -0.377 e. The molecule has 0 saturated carbocycles. The molecular formula is C18H18FN5O2. The van der Waals surface area contributed by atoms with Crippen LogP contribution >= 0.6 is 0 Å². The molecule has 7 nitrogen and oxygen atoms in total. The Hall–Kier alpha value is -2.71. The first-order chi connectivity index (χ1) is 12.7. The summed E-state index contributed by atoms with van der Waals surface area (Å²) in [5, 5.41) is 12.5. The van der Waals surface area contributed by atoms with Crippen LogP contribution in [0.1, 0.15) is 23.0 Å². The van der Waals surface area contributed by atoms with Crippen LogP contribution in [0.5, 0.6) is 0 Å². The van der Waals surface area contributed by atoms with E-state index in [9.17, 15) is 4.39 Å². The largest absolute Gasteiger partial charge is 0.377 e. The van der Waals surface area contributed by atoms with Gasteiger partial charge in [-0.05, 0) is 35.9 Å². The fraction of sp³-hybridized carbons (Fsp3) is 0.333. The molecule has 1 aliphatic rings. The van der Waals surface area contributed by atoms with Crippen molar-refractivity contribution in [1.29, 1.82) is 0 Å². The lowest BCUT2D eigenvalue weighted by molar-refractivity contribution is 0.174. The van der Waals surface area contributed by atoms with Gasteiger partial charge in [0.1, 0.15) is 12.4 Å². The van der Waals surface area contributed by atoms with Gasteiger partial charge >= 0.3 is 0 Å². The highest BCUT2D eigenvalue weighted by atomic mass is 19.1. The molecule has 0 radical (unpaired) electrons. The lowest BCUT2D eigenvalue weighted by Crippen LogP contribution is -2.31. The third kappa shape index (κ3) is 3.61. The molecule has 0 saturated heterocycles. The molecule has 0 atom stereocenters. The zero-order chi connectivity index (χ0) is 17.9. The van der Waals surface area contributed by atoms with Crippen molar-refractivity contribution >= 4 is 0 Å². The van der Waals surface area contributed by atoms with E-state index in [1.165, 1.54) is 12.1 Å². The molecular weight excluding hydrogens is 337 g/mol. The van der Waals surface area contributed by atoms with Gasteiger partial charge in [0.25, 0.3) is 0 Å². The number of hydrogen-bond acceptors (Lipinski definition) is 7. The number of nitrogens with zero attached hydrogens (tertiary/aromatic N) is 5. The fourth-order valence-corrected chi connectivity index (χ4v) is 3.02. The summed E-state index contributed by atoms with van der Waals surface area (Å²) in [6.45, 7) is 2.48. The molecule has 3 aromatic rings. The van der Waals surface area contributed by atoms with Crippen LogP contribution in [0, 0.1) is 5.82 Å². The van der Waals surface area contributed by atoms with E-state index in [1.807, 2.05) is 6.07 Å². The summed E-state index contributed by atoms with van der Waals surface area (Å²) in [6, 6.07) is 8.29. The van der Waals surface area contributed by atoms with Gasteiger partial charge < -0.3 is 9.26 Å². The predicted octanol–water partition coefficient (Wildman–Crippen LogP) is 2.37. The van der Waals surface area contributed by atoms with Crippen LogP contribution in [-0.4, -0.2) is 38.9 Å². The van der Waals surface area contributed by atoms with Crippen LogP contribution in [-0.2, 0) is 30.9 Å². The first-order valence-corrected chi connectivity index (χ1v) is 8.35. The second kappa shape index (κ2) is 7.27. The van der Waals surface area contributed by atoms with Gasteiger partial charge in [0.05, 0.1) is 17.9 Å². The molecule has 0 N–H and O–H groups in total. The minimum atomic E-state index is -0.266. The van der Waals surface area contributed by atoms with Gasteiger partial charge in [-0.1, -0.05) is 5.16 Å². The maximum absolute atomic E-state index is 13.1. The van der Waals surface area contributed by atoms with E-state index in [0.29, 0.717) is 24.9 Å². The first kappa shape index (κ1) is 16.7. The SMILES string of the molecule is COCc1noc(CN2CCc3nnc(-c4ccc(F)cc4)cc3C2)n1. The third-order valence-corrected chi connectivity index (χ3v) is 4.30. The Balaban J connectivity index is 1.49. The van der Waals surface area contributed by atoms with E-state index in [-0.39, 0.29) is 5.82 Å². The summed E-state index contributed by atoms with van der Waals surface area (Å²) in [5.41, 5.74) is 3.70. The van der Waals surface area contributed by atoms with Crippen molar-refractivity contribution in [3.8, 4) is 11.3 Å². The number of benzene rings is 1. The molecule has 2 aromatic heterocycles. The van der Waals surface area contributed by atoms with E-state index < -0.39 is 0 Å². The van der Waals surface area contributed by atoms with Crippen LogP contribution in [0.3, 0.4) is 0 Å². The Kier molecular flexibility index (Phi) is 4.68. The highest BCUT2D eigenvalue weighted by Gasteiger charge is 2.21. The monoisotopic (exact) mass is 355 g/mol. The molecule has 1 aliphatic heterocycles. The van der Waals surface area contributed by atoms with Gasteiger partial charge in [0.15, 0.2) is 5.82 Å². The number of hydrogen-bond donors (Lipinski definition) is 0. The normalized spacial score (nSPS) is 14.4. The smallest absolute Gasteiger partial charge is 0.240 e. The van der Waals surface area contributed by atoms with E-state index in [1.54, 1.807) is 19.2 Å². The molecule has 0 amide bonds. The Morgan fingerprint density at radius 1 is 1.23 bits per heavy atom. The number of ether oxygens (including phenoxy) is 1. The van der Waals surface area contributed by atoms with Gasteiger partial charge in [-0.25, -0.2) is 4.39 Å². The molecule has 0 unspecified atom stereocenters. The molecule has 0 aliphatic carbocycles. The second-order valence-electron chi connectivity index (χ2n) is 6.21. The molecule has 134 valence electrons. The summed E-state index contributed by atoms with van der Waals surface area (Å²) in [4.78, 5) is 6.54. The zero-order valence-corrected chi connectivity index (χ0v) is 14.4. The average Bonchev–Trinajstić information content (AvgIpc) is 3.09. The van der Waals surface area contributed by atoms with Gasteiger partial charge in [-0.15, -0.1) is 0 Å². The van der Waals surface area contributed by atoms with E-state index in [2.05, 4.69) is 25.2 Å². The summed E-state index contributed by atoms with van der Waals surface area (Å²) in [6.07, 6.45) is 0.811. The maximum atomic E-state index is 13.1. The van der Waals surface area contributed by atoms with Crippen LogP contribution in [0.2, 0.25) is 0 Å². The highest BCUT2D eigenvalue weighted by Crippen LogP contribution is 2.23. The van der Waals surface area contributed by atoms with Crippen molar-refractivity contribution in [3.05, 3.63) is 59.1 Å². The minimum absolute atomic E-state index is 0.266. The number of rotatable bonds is 5. The van der Waals surface area contributed by atoms with Crippen LogP contribution < -0.4 is 0 Å². The molecule has 26 heavy (non-hydrogen) atoms. The van der Waals surface area contributed by atoms with Gasteiger partial charge in [0, 0.05) is 32.2 Å². The van der Waals surface area contributed by atoms with E-state index in [4.69, 9.17) is 9.26 Å². The van der Waals surface area contributed by atoms with E-state index >= 15 is 0 Å². The highest BCUT2D eigenvalue weighted by molar-refractivity contribution is 5.59. The second-order valence-corrected chi connectivity index (χ2v) is 6.21. The van der Waals surface area contributed by atoms with Crippen molar-refractivity contribution in [1.82, 2.24) is 25.2 Å². The van der Waals surface area contributed by atoms with Gasteiger partial charge in [0.2, 0.25) is 5.89 Å². The number of fused-ring (bicyclic) bond motifs is 1. The molecule has 4 rings (SSSR count). The van der Waals surface area contributed by atoms with Crippen LogP contribution in [0.15, 0.2) is 34.9 Å². The Labute approximate surface area is 149 Å². The predicted molar refractivity (Wildman–Crippen MR) is 90.3 cm³/mol. The summed E-state index contributed by atoms with van der Waals surface area (Å²) >= 11 is 0. The molecule has 3 heterocycles. The topological polar surface area (TPSA) is 77.2 Å². The van der Waals surface area contributed by atoms with Gasteiger partial charge in [-0.3, -0.25) is 4.90 Å². The zero-order valence-electron chi connectivity index (χ0n) is 14.4. The van der Waals surface area contributed by atoms with Crippen LogP contribution in [0.4, 0.5) is 4.39 Å². The summed E-state index contributed by atoms with van der Waals surface area (Å²) in [5.74, 6) is 0.851. The van der Waals surface area contributed by atoms with Crippen molar-refractivity contribution in [2.75, 3.05) is 13.7 Å². The molecule has 1 aromatic carbocycles. The lowest BCUT2D eigenvalue weighted by Gasteiger charge is -2.26. The lowest BCUT2D eigenvalue weighted by atomic mass is 10.0. The van der Waals surface area contributed by atoms with Crippen molar-refractivity contribution in [2.24, 2.45) is 0 Å². The Morgan fingerprint density at radius 2 is 2.08 bits per heavy atom. The molecule has 0 fully saturated rings. The maximum Gasteiger partial charge on any atom is 0.240 e. The van der Waals surface area contributed by atoms with Crippen LogP contribution in [0.25, 0.3) is 11.3 Å². The molecule has 8 heteroatoms. The standard InChI is InChI=1S/C18H18FN5O2/c1-25-11-17-20-18(26-23-17)10-24-7-6-15-13(9-24)8-16(22-21-15)12-2-4-14(19)5-3-12/h2-5,8H,6-7,9-11H2,1H3. The first-order valence-electron chi connectivity index (χ1n) is 8.35. The van der Waals surface area contributed by atoms with E-state index in [0.717, 1.165) is 42.0 Å². The summed E-state index contributed by atoms with van der Waals surface area (Å²) < 4.78 is 23.4. The van der Waals surface area contributed by atoms with Gasteiger partial charge in [-0.2, -0.15) is 15.2 Å². The Bertz CT molecular complexity index is 897. The number of halogens is 1. The quantitative estimate of drug-likeness (QED) is 0.695. The third-order valence-electron chi connectivity index (χ3n) is 4.30. The Morgan fingerprint density at radius 3 is 2.88 bits per heavy atom. The number of methoxy groups -OCH3 is 1. The van der Waals surface area contributed by atoms with Crippen molar-refractivity contribution in [3.63, 3.8) is 0 Å². The molecule has 0 bridgehead atoms. The average molecular weight is 355 g/mol. The summed E-state index contributed by atoms with van der Waals surface area (Å²) in [7, 11) is 1.59. The van der Waals surface area contributed by atoms with Crippen molar-refractivity contribution < 1.29 is 13.7 Å². The van der Waals surface area contributed by atoms with Crippen molar-refractivity contribution in [2.45, 2.75) is 26.1 Å². The fourth-order valence-electron chi connectivity index (χ4n) is 3.02.